The Bertz CT molecular complexity index is 539. The number of nitro groups is 3. The van der Waals surface area contributed by atoms with Crippen LogP contribution in [-0.2, 0) is 0 Å². The Labute approximate surface area is 100 Å². The third-order valence-electron chi connectivity index (χ3n) is 2.34. The van der Waals surface area contributed by atoms with Crippen LogP contribution in [0.2, 0.25) is 0 Å². The molecule has 1 aromatic rings. The molecule has 0 radical (unpaired) electrons. The second-order valence-corrected chi connectivity index (χ2v) is 3.80. The van der Waals surface area contributed by atoms with Crippen molar-refractivity contribution in [2.75, 3.05) is 0 Å². The van der Waals surface area contributed by atoms with E-state index in [-0.39, 0.29) is 11.5 Å². The first kappa shape index (κ1) is 13.5. The SMILES string of the molecule is CC(C)c1ccc([N+](=O)[O-])c([N+](=O)[O-])c1[N+](=O)[O-]. The monoisotopic (exact) mass is 255 g/mol. The second-order valence-electron chi connectivity index (χ2n) is 3.80. The Balaban J connectivity index is 3.77. The molecule has 0 spiro atoms. The van der Waals surface area contributed by atoms with Gasteiger partial charge in [0.05, 0.1) is 14.8 Å². The number of hydrogen-bond acceptors (Lipinski definition) is 6. The van der Waals surface area contributed by atoms with Gasteiger partial charge in [-0.25, -0.2) is 0 Å². The molecule has 0 bridgehead atoms. The largest absolute Gasteiger partial charge is 0.422 e. The van der Waals surface area contributed by atoms with Gasteiger partial charge in [0.15, 0.2) is 0 Å². The average Bonchev–Trinajstić information content (AvgIpc) is 2.26. The third-order valence-corrected chi connectivity index (χ3v) is 2.34. The summed E-state index contributed by atoms with van der Waals surface area (Å²) in [6.45, 7) is 3.22. The summed E-state index contributed by atoms with van der Waals surface area (Å²) < 4.78 is 0. The molecule has 0 saturated carbocycles. The summed E-state index contributed by atoms with van der Waals surface area (Å²) in [5, 5.41) is 32.4. The van der Waals surface area contributed by atoms with Gasteiger partial charge < -0.3 is 0 Å². The number of nitrogens with zero attached hydrogens (tertiary/aromatic N) is 3. The lowest BCUT2D eigenvalue weighted by molar-refractivity contribution is -0.441. The van der Waals surface area contributed by atoms with E-state index < -0.39 is 31.8 Å². The van der Waals surface area contributed by atoms with Crippen molar-refractivity contribution in [3.05, 3.63) is 48.0 Å². The van der Waals surface area contributed by atoms with Gasteiger partial charge in [0.1, 0.15) is 0 Å². The zero-order valence-electron chi connectivity index (χ0n) is 9.52. The minimum absolute atomic E-state index is 0.0947. The van der Waals surface area contributed by atoms with E-state index in [9.17, 15) is 30.3 Å². The summed E-state index contributed by atoms with van der Waals surface area (Å²) in [6, 6.07) is 2.09. The van der Waals surface area contributed by atoms with Gasteiger partial charge >= 0.3 is 17.1 Å². The summed E-state index contributed by atoms with van der Waals surface area (Å²) in [7, 11) is 0. The van der Waals surface area contributed by atoms with E-state index in [1.807, 2.05) is 0 Å². The van der Waals surface area contributed by atoms with Crippen molar-refractivity contribution in [1.29, 1.82) is 0 Å². The predicted molar refractivity (Wildman–Crippen MR) is 60.5 cm³/mol. The van der Waals surface area contributed by atoms with Gasteiger partial charge in [0.2, 0.25) is 0 Å². The van der Waals surface area contributed by atoms with Crippen LogP contribution in [0.1, 0.15) is 25.3 Å². The van der Waals surface area contributed by atoms with Crippen LogP contribution in [0.25, 0.3) is 0 Å². The molecule has 1 aromatic carbocycles. The maximum absolute atomic E-state index is 10.9. The van der Waals surface area contributed by atoms with E-state index in [1.165, 1.54) is 6.07 Å². The highest BCUT2D eigenvalue weighted by atomic mass is 16.6. The topological polar surface area (TPSA) is 129 Å². The van der Waals surface area contributed by atoms with Crippen molar-refractivity contribution < 1.29 is 14.8 Å². The van der Waals surface area contributed by atoms with Crippen LogP contribution in [0, 0.1) is 30.3 Å². The van der Waals surface area contributed by atoms with Crippen LogP contribution < -0.4 is 0 Å². The lowest BCUT2D eigenvalue weighted by Gasteiger charge is -2.06. The first-order valence-electron chi connectivity index (χ1n) is 4.87. The van der Waals surface area contributed by atoms with Crippen LogP contribution in [0.5, 0.6) is 0 Å². The molecule has 0 aliphatic carbocycles. The molecule has 18 heavy (non-hydrogen) atoms. The van der Waals surface area contributed by atoms with Gasteiger partial charge in [0, 0.05) is 11.6 Å². The van der Waals surface area contributed by atoms with Crippen LogP contribution in [-0.4, -0.2) is 14.8 Å². The average molecular weight is 255 g/mol. The van der Waals surface area contributed by atoms with Crippen molar-refractivity contribution >= 4 is 17.1 Å². The smallest absolute Gasteiger partial charge is 0.258 e. The number of hydrogen-bond donors (Lipinski definition) is 0. The molecule has 0 N–H and O–H groups in total. The molecule has 0 amide bonds. The van der Waals surface area contributed by atoms with E-state index >= 15 is 0 Å². The van der Waals surface area contributed by atoms with E-state index in [4.69, 9.17) is 0 Å². The molecule has 0 heterocycles. The maximum Gasteiger partial charge on any atom is 0.422 e. The number of benzene rings is 1. The van der Waals surface area contributed by atoms with Crippen LogP contribution in [0.15, 0.2) is 12.1 Å². The van der Waals surface area contributed by atoms with Gasteiger partial charge in [-0.3, -0.25) is 30.3 Å². The van der Waals surface area contributed by atoms with Crippen molar-refractivity contribution in [3.63, 3.8) is 0 Å². The molecule has 1 rings (SSSR count). The van der Waals surface area contributed by atoms with Gasteiger partial charge in [-0.15, -0.1) is 0 Å². The summed E-state index contributed by atoms with van der Waals surface area (Å²) in [6.07, 6.45) is 0. The summed E-state index contributed by atoms with van der Waals surface area (Å²) in [5.74, 6) is -0.357. The number of rotatable bonds is 4. The fourth-order valence-electron chi connectivity index (χ4n) is 1.57. The van der Waals surface area contributed by atoms with Crippen molar-refractivity contribution in [1.82, 2.24) is 0 Å². The van der Waals surface area contributed by atoms with Crippen molar-refractivity contribution in [3.8, 4) is 0 Å². The summed E-state index contributed by atoms with van der Waals surface area (Å²) >= 11 is 0. The molecule has 0 atom stereocenters. The Morgan fingerprint density at radius 2 is 1.39 bits per heavy atom. The summed E-state index contributed by atoms with van der Waals surface area (Å²) in [5.41, 5.74) is -2.67. The minimum Gasteiger partial charge on any atom is -0.258 e. The molecule has 0 aliphatic rings. The third kappa shape index (κ3) is 2.24. The van der Waals surface area contributed by atoms with Crippen molar-refractivity contribution in [2.24, 2.45) is 0 Å². The fourth-order valence-corrected chi connectivity index (χ4v) is 1.57. The quantitative estimate of drug-likeness (QED) is 0.600. The molecule has 0 saturated heterocycles. The van der Waals surface area contributed by atoms with E-state index in [2.05, 4.69) is 0 Å². The first-order valence-corrected chi connectivity index (χ1v) is 4.87. The van der Waals surface area contributed by atoms with E-state index in [1.54, 1.807) is 13.8 Å². The summed E-state index contributed by atoms with van der Waals surface area (Å²) in [4.78, 5) is 29.3. The van der Waals surface area contributed by atoms with E-state index in [0.29, 0.717) is 0 Å². The van der Waals surface area contributed by atoms with Crippen LogP contribution in [0.3, 0.4) is 0 Å². The molecule has 9 nitrogen and oxygen atoms in total. The molecule has 0 aliphatic heterocycles. The van der Waals surface area contributed by atoms with Gasteiger partial charge in [-0.2, -0.15) is 0 Å². The van der Waals surface area contributed by atoms with E-state index in [0.717, 1.165) is 6.07 Å². The standard InChI is InChI=1S/C9H9N3O6/c1-5(2)6-3-4-7(10(13)14)9(12(17)18)8(6)11(15)16/h3-5H,1-2H3. The lowest BCUT2D eigenvalue weighted by atomic mass is 9.99. The lowest BCUT2D eigenvalue weighted by Crippen LogP contribution is -2.05. The minimum atomic E-state index is -1.10. The molecular weight excluding hydrogens is 246 g/mol. The fraction of sp³-hybridized carbons (Fsp3) is 0.333. The van der Waals surface area contributed by atoms with Crippen molar-refractivity contribution in [2.45, 2.75) is 19.8 Å². The van der Waals surface area contributed by atoms with Gasteiger partial charge in [0.25, 0.3) is 0 Å². The Kier molecular flexibility index (Phi) is 3.55. The molecule has 0 aromatic heterocycles. The maximum atomic E-state index is 10.9. The van der Waals surface area contributed by atoms with Crippen LogP contribution in [0.4, 0.5) is 17.1 Å². The van der Waals surface area contributed by atoms with Gasteiger partial charge in [-0.1, -0.05) is 13.8 Å². The normalized spacial score (nSPS) is 10.4. The van der Waals surface area contributed by atoms with Gasteiger partial charge in [-0.05, 0) is 12.0 Å². The predicted octanol–water partition coefficient (Wildman–Crippen LogP) is 2.53. The number of nitro benzene ring substituents is 3. The molecule has 9 heteroatoms. The molecule has 96 valence electrons. The molecule has 0 unspecified atom stereocenters. The Morgan fingerprint density at radius 3 is 1.72 bits per heavy atom. The first-order chi connectivity index (χ1) is 8.27. The highest BCUT2D eigenvalue weighted by Crippen LogP contribution is 2.41. The second kappa shape index (κ2) is 4.73. The Hall–Kier alpha value is -2.58. The highest BCUT2D eigenvalue weighted by Gasteiger charge is 2.38. The van der Waals surface area contributed by atoms with Crippen LogP contribution >= 0.6 is 0 Å². The molecule has 0 fully saturated rings. The highest BCUT2D eigenvalue weighted by molar-refractivity contribution is 5.69. The zero-order valence-corrected chi connectivity index (χ0v) is 9.52. The zero-order chi connectivity index (χ0) is 14.0. The molecular formula is C9H9N3O6. The Morgan fingerprint density at radius 1 is 0.889 bits per heavy atom.